The van der Waals surface area contributed by atoms with Gasteiger partial charge in [0.1, 0.15) is 5.92 Å². The summed E-state index contributed by atoms with van der Waals surface area (Å²) in [5.74, 6) is -1.36. The Labute approximate surface area is 127 Å². The van der Waals surface area contributed by atoms with Crippen LogP contribution in [-0.2, 0) is 9.59 Å². The molecule has 1 aliphatic heterocycles. The predicted octanol–water partition coefficient (Wildman–Crippen LogP) is 3.04. The van der Waals surface area contributed by atoms with Gasteiger partial charge in [0.25, 0.3) is 0 Å². The number of anilines is 2. The Morgan fingerprint density at radius 2 is 1.81 bits per heavy atom. The minimum Gasteiger partial charge on any atom is -0.325 e. The van der Waals surface area contributed by atoms with Crippen molar-refractivity contribution >= 4 is 34.8 Å². The molecule has 1 atom stereocenters. The monoisotopic (exact) mass is 300 g/mol. The molecule has 21 heavy (non-hydrogen) atoms. The average Bonchev–Trinajstić information content (AvgIpc) is 2.74. The zero-order valence-electron chi connectivity index (χ0n) is 11.3. The molecule has 2 amide bonds. The topological polar surface area (TPSA) is 49.4 Å². The molecular weight excluding hydrogens is 288 g/mol. The van der Waals surface area contributed by atoms with E-state index < -0.39 is 5.92 Å². The molecule has 0 aliphatic carbocycles. The Bertz CT molecular complexity index is 712. The Balaban J connectivity index is 1.88. The number of nitrogens with one attached hydrogen (secondary N) is 1. The molecule has 4 nitrogen and oxygen atoms in total. The van der Waals surface area contributed by atoms with Crippen LogP contribution in [-0.4, -0.2) is 18.9 Å². The van der Waals surface area contributed by atoms with E-state index in [1.54, 1.807) is 31.3 Å². The minimum atomic E-state index is -0.804. The first-order valence-electron chi connectivity index (χ1n) is 6.51. The first-order chi connectivity index (χ1) is 10.1. The summed E-state index contributed by atoms with van der Waals surface area (Å²) in [6, 6.07) is 14.1. The third-order valence-electron chi connectivity index (χ3n) is 3.56. The fraction of sp³-hybridized carbons (Fsp3) is 0.125. The lowest BCUT2D eigenvalue weighted by atomic mass is 10.00. The molecule has 3 rings (SSSR count). The fourth-order valence-corrected chi connectivity index (χ4v) is 2.61. The van der Waals surface area contributed by atoms with E-state index in [9.17, 15) is 9.59 Å². The van der Waals surface area contributed by atoms with E-state index in [2.05, 4.69) is 5.32 Å². The predicted molar refractivity (Wildman–Crippen MR) is 82.7 cm³/mol. The lowest BCUT2D eigenvalue weighted by Crippen LogP contribution is -2.31. The lowest BCUT2D eigenvalue weighted by Gasteiger charge is -2.11. The molecule has 1 heterocycles. The van der Waals surface area contributed by atoms with Gasteiger partial charge in [-0.25, -0.2) is 0 Å². The van der Waals surface area contributed by atoms with Crippen molar-refractivity contribution < 1.29 is 9.59 Å². The number of benzene rings is 2. The summed E-state index contributed by atoms with van der Waals surface area (Å²) >= 11 is 5.81. The highest BCUT2D eigenvalue weighted by atomic mass is 35.5. The van der Waals surface area contributed by atoms with Crippen molar-refractivity contribution in [2.24, 2.45) is 0 Å². The zero-order valence-corrected chi connectivity index (χ0v) is 12.1. The van der Waals surface area contributed by atoms with E-state index in [0.717, 1.165) is 11.3 Å². The molecule has 2 aromatic rings. The number of halogens is 1. The second kappa shape index (κ2) is 5.22. The van der Waals surface area contributed by atoms with Crippen LogP contribution in [0.2, 0.25) is 5.02 Å². The van der Waals surface area contributed by atoms with Gasteiger partial charge in [-0.3, -0.25) is 9.59 Å². The van der Waals surface area contributed by atoms with Gasteiger partial charge in [-0.1, -0.05) is 29.8 Å². The second-order valence-electron chi connectivity index (χ2n) is 4.89. The van der Waals surface area contributed by atoms with Gasteiger partial charge in [0.05, 0.1) is 0 Å². The number of rotatable bonds is 2. The largest absolute Gasteiger partial charge is 0.325 e. The number of nitrogens with zero attached hydrogens (tertiary/aromatic N) is 1. The zero-order chi connectivity index (χ0) is 15.0. The van der Waals surface area contributed by atoms with Crippen molar-refractivity contribution in [2.75, 3.05) is 17.3 Å². The number of carbonyl (C=O) groups is 2. The summed E-state index contributed by atoms with van der Waals surface area (Å²) < 4.78 is 0. The number of amides is 2. The number of likely N-dealkylation sites (N-methyl/N-ethyl adjacent to an activating group) is 1. The van der Waals surface area contributed by atoms with E-state index in [0.29, 0.717) is 10.7 Å². The van der Waals surface area contributed by atoms with Gasteiger partial charge in [-0.05, 0) is 35.9 Å². The van der Waals surface area contributed by atoms with Crippen LogP contribution in [0.1, 0.15) is 11.5 Å². The molecule has 106 valence electrons. The van der Waals surface area contributed by atoms with Crippen molar-refractivity contribution in [1.82, 2.24) is 0 Å². The van der Waals surface area contributed by atoms with Gasteiger partial charge in [0, 0.05) is 23.4 Å². The Kier molecular flexibility index (Phi) is 3.39. The maximum Gasteiger partial charge on any atom is 0.243 e. The molecule has 0 aromatic heterocycles. The summed E-state index contributed by atoms with van der Waals surface area (Å²) in [6.45, 7) is 0. The number of para-hydroxylation sites is 1. The lowest BCUT2D eigenvalue weighted by molar-refractivity contribution is -0.126. The first kappa shape index (κ1) is 13.6. The van der Waals surface area contributed by atoms with E-state index >= 15 is 0 Å². The van der Waals surface area contributed by atoms with Crippen LogP contribution in [0.4, 0.5) is 11.4 Å². The van der Waals surface area contributed by atoms with Gasteiger partial charge in [0.15, 0.2) is 0 Å². The van der Waals surface area contributed by atoms with Crippen molar-refractivity contribution in [3.05, 3.63) is 59.1 Å². The maximum absolute atomic E-state index is 12.4. The Morgan fingerprint density at radius 1 is 1.14 bits per heavy atom. The molecule has 1 aliphatic rings. The highest BCUT2D eigenvalue weighted by Gasteiger charge is 2.39. The van der Waals surface area contributed by atoms with Crippen molar-refractivity contribution in [1.29, 1.82) is 0 Å². The highest BCUT2D eigenvalue weighted by molar-refractivity contribution is 6.30. The van der Waals surface area contributed by atoms with Crippen LogP contribution in [0, 0.1) is 0 Å². The smallest absolute Gasteiger partial charge is 0.243 e. The van der Waals surface area contributed by atoms with Crippen LogP contribution in [0.5, 0.6) is 0 Å². The van der Waals surface area contributed by atoms with Crippen LogP contribution in [0.3, 0.4) is 0 Å². The van der Waals surface area contributed by atoms with E-state index in [1.165, 1.54) is 4.90 Å². The molecule has 0 saturated heterocycles. The average molecular weight is 301 g/mol. The molecule has 1 unspecified atom stereocenters. The number of fused-ring (bicyclic) bond motifs is 1. The molecule has 0 fully saturated rings. The third kappa shape index (κ3) is 2.38. The minimum absolute atomic E-state index is 0.220. The van der Waals surface area contributed by atoms with E-state index in [4.69, 9.17) is 11.6 Å². The number of carbonyl (C=O) groups excluding carboxylic acids is 2. The van der Waals surface area contributed by atoms with Crippen molar-refractivity contribution in [3.8, 4) is 0 Å². The van der Waals surface area contributed by atoms with Crippen LogP contribution >= 0.6 is 11.6 Å². The molecule has 0 spiro atoms. The molecule has 1 N–H and O–H groups in total. The standard InChI is InChI=1S/C16H13ClN2O2/c1-19-13-5-3-2-4-12(13)14(16(19)21)15(20)18-11-8-6-10(17)7-9-11/h2-9,14H,1H3,(H,18,20). The summed E-state index contributed by atoms with van der Waals surface area (Å²) in [5, 5.41) is 3.35. The molecule has 0 radical (unpaired) electrons. The van der Waals surface area contributed by atoms with E-state index in [1.807, 2.05) is 24.3 Å². The first-order valence-corrected chi connectivity index (χ1v) is 6.88. The summed E-state index contributed by atoms with van der Waals surface area (Å²) in [7, 11) is 1.68. The Morgan fingerprint density at radius 3 is 2.52 bits per heavy atom. The van der Waals surface area contributed by atoms with Crippen LogP contribution in [0.25, 0.3) is 0 Å². The highest BCUT2D eigenvalue weighted by Crippen LogP contribution is 2.36. The Hall–Kier alpha value is -2.33. The van der Waals surface area contributed by atoms with Gasteiger partial charge in [0.2, 0.25) is 11.8 Å². The molecule has 0 bridgehead atoms. The summed E-state index contributed by atoms with van der Waals surface area (Å²) in [6.07, 6.45) is 0. The molecule has 5 heteroatoms. The van der Waals surface area contributed by atoms with Crippen LogP contribution < -0.4 is 10.2 Å². The van der Waals surface area contributed by atoms with Crippen molar-refractivity contribution in [3.63, 3.8) is 0 Å². The van der Waals surface area contributed by atoms with Crippen LogP contribution in [0.15, 0.2) is 48.5 Å². The van der Waals surface area contributed by atoms with Crippen molar-refractivity contribution in [2.45, 2.75) is 5.92 Å². The van der Waals surface area contributed by atoms with Gasteiger partial charge >= 0.3 is 0 Å². The summed E-state index contributed by atoms with van der Waals surface area (Å²) in [5.41, 5.74) is 2.12. The second-order valence-corrected chi connectivity index (χ2v) is 5.32. The molecule has 0 saturated carbocycles. The summed E-state index contributed by atoms with van der Waals surface area (Å²) in [4.78, 5) is 26.2. The van der Waals surface area contributed by atoms with E-state index in [-0.39, 0.29) is 11.8 Å². The number of hydrogen-bond donors (Lipinski definition) is 1. The number of hydrogen-bond acceptors (Lipinski definition) is 2. The normalized spacial score (nSPS) is 16.8. The molecule has 2 aromatic carbocycles. The maximum atomic E-state index is 12.4. The third-order valence-corrected chi connectivity index (χ3v) is 3.81. The SMILES string of the molecule is CN1C(=O)C(C(=O)Nc2ccc(Cl)cc2)c2ccccc21. The molecular formula is C16H13ClN2O2. The van der Waals surface area contributed by atoms with Gasteiger partial charge < -0.3 is 10.2 Å². The quantitative estimate of drug-likeness (QED) is 0.867. The van der Waals surface area contributed by atoms with Gasteiger partial charge in [-0.2, -0.15) is 0 Å². The van der Waals surface area contributed by atoms with Gasteiger partial charge in [-0.15, -0.1) is 0 Å². The fourth-order valence-electron chi connectivity index (χ4n) is 2.48.